The third kappa shape index (κ3) is 4.00. The molecule has 3 rings (SSSR count). The molecule has 116 valence electrons. The summed E-state index contributed by atoms with van der Waals surface area (Å²) < 4.78 is 0. The zero-order valence-electron chi connectivity index (χ0n) is 14.0. The zero-order valence-corrected chi connectivity index (χ0v) is 14.0. The number of rotatable bonds is 6. The fraction of sp³-hybridized carbons (Fsp3) is 1.00. The lowest BCUT2D eigenvalue weighted by Crippen LogP contribution is -2.33. The van der Waals surface area contributed by atoms with Gasteiger partial charge in [-0.15, -0.1) is 0 Å². The number of hydrogen-bond donors (Lipinski definition) is 1. The van der Waals surface area contributed by atoms with Crippen molar-refractivity contribution in [3.8, 4) is 0 Å². The normalized spacial score (nSPS) is 31.8. The monoisotopic (exact) mass is 277 g/mol. The molecular weight excluding hydrogens is 242 g/mol. The molecule has 0 bridgehead atoms. The predicted octanol–water partition coefficient (Wildman–Crippen LogP) is 4.86. The summed E-state index contributed by atoms with van der Waals surface area (Å²) in [7, 11) is 0. The molecule has 0 aromatic carbocycles. The van der Waals surface area contributed by atoms with Gasteiger partial charge in [0.1, 0.15) is 0 Å². The van der Waals surface area contributed by atoms with Gasteiger partial charge in [-0.25, -0.2) is 0 Å². The predicted molar refractivity (Wildman–Crippen MR) is 86.7 cm³/mol. The highest BCUT2D eigenvalue weighted by atomic mass is 14.9. The molecule has 0 unspecified atom stereocenters. The van der Waals surface area contributed by atoms with Gasteiger partial charge < -0.3 is 5.32 Å². The largest absolute Gasteiger partial charge is 0.316 e. The molecule has 0 atom stereocenters. The summed E-state index contributed by atoms with van der Waals surface area (Å²) in [5.74, 6) is 5.18. The minimum Gasteiger partial charge on any atom is -0.316 e. The second-order valence-corrected chi connectivity index (χ2v) is 9.08. The molecule has 1 nitrogen and oxygen atoms in total. The maximum absolute atomic E-state index is 3.85. The van der Waals surface area contributed by atoms with Crippen molar-refractivity contribution in [2.45, 2.75) is 72.1 Å². The summed E-state index contributed by atoms with van der Waals surface area (Å²) >= 11 is 0. The maximum Gasteiger partial charge on any atom is -0.00151 e. The Morgan fingerprint density at radius 2 is 1.40 bits per heavy atom. The van der Waals surface area contributed by atoms with Crippen LogP contribution in [0.4, 0.5) is 0 Å². The van der Waals surface area contributed by atoms with E-state index in [0.29, 0.717) is 5.41 Å². The SMILES string of the molecule is CC(C)(C)C1CCC(CNCC(C2CC2)C2CC2)CC1. The van der Waals surface area contributed by atoms with E-state index in [-0.39, 0.29) is 0 Å². The van der Waals surface area contributed by atoms with Crippen LogP contribution in [-0.4, -0.2) is 13.1 Å². The van der Waals surface area contributed by atoms with Crippen LogP contribution in [0, 0.1) is 35.0 Å². The van der Waals surface area contributed by atoms with Gasteiger partial charge in [-0.3, -0.25) is 0 Å². The molecule has 0 spiro atoms. The molecule has 0 aromatic heterocycles. The van der Waals surface area contributed by atoms with E-state index >= 15 is 0 Å². The van der Waals surface area contributed by atoms with Crippen LogP contribution in [0.2, 0.25) is 0 Å². The Balaban J connectivity index is 1.33. The van der Waals surface area contributed by atoms with Gasteiger partial charge in [0.2, 0.25) is 0 Å². The highest BCUT2D eigenvalue weighted by molar-refractivity contribution is 4.92. The molecule has 0 heterocycles. The van der Waals surface area contributed by atoms with E-state index in [0.717, 1.165) is 29.6 Å². The molecule has 0 radical (unpaired) electrons. The van der Waals surface area contributed by atoms with Crippen molar-refractivity contribution < 1.29 is 0 Å². The Hall–Kier alpha value is -0.0400. The lowest BCUT2D eigenvalue weighted by atomic mass is 9.70. The fourth-order valence-corrected chi connectivity index (χ4v) is 4.45. The third-order valence-electron chi connectivity index (χ3n) is 6.34. The molecule has 3 fully saturated rings. The standard InChI is InChI=1S/C19H35N/c1-19(2,3)17-10-4-14(5-11-17)12-20-13-18(15-6-7-15)16-8-9-16/h14-18,20H,4-13H2,1-3H3. The molecule has 20 heavy (non-hydrogen) atoms. The van der Waals surface area contributed by atoms with Gasteiger partial charge in [-0.2, -0.15) is 0 Å². The Kier molecular flexibility index (Phi) is 4.45. The minimum absolute atomic E-state index is 0.529. The molecule has 1 heteroatoms. The highest BCUT2D eigenvalue weighted by Crippen LogP contribution is 2.48. The molecule has 0 saturated heterocycles. The highest BCUT2D eigenvalue weighted by Gasteiger charge is 2.41. The van der Waals surface area contributed by atoms with E-state index < -0.39 is 0 Å². The average molecular weight is 277 g/mol. The molecule has 3 aliphatic carbocycles. The Morgan fingerprint density at radius 1 is 0.850 bits per heavy atom. The van der Waals surface area contributed by atoms with Crippen LogP contribution in [0.5, 0.6) is 0 Å². The second-order valence-electron chi connectivity index (χ2n) is 9.08. The first-order valence-electron chi connectivity index (χ1n) is 9.24. The van der Waals surface area contributed by atoms with Gasteiger partial charge in [0, 0.05) is 0 Å². The van der Waals surface area contributed by atoms with E-state index in [1.165, 1.54) is 64.5 Å². The quantitative estimate of drug-likeness (QED) is 0.730. The van der Waals surface area contributed by atoms with Crippen LogP contribution in [0.15, 0.2) is 0 Å². The summed E-state index contributed by atoms with van der Waals surface area (Å²) in [4.78, 5) is 0. The van der Waals surface area contributed by atoms with Gasteiger partial charge in [0.15, 0.2) is 0 Å². The lowest BCUT2D eigenvalue weighted by Gasteiger charge is -2.37. The van der Waals surface area contributed by atoms with Gasteiger partial charge in [0.05, 0.1) is 0 Å². The van der Waals surface area contributed by atoms with Gasteiger partial charge >= 0.3 is 0 Å². The van der Waals surface area contributed by atoms with E-state index in [4.69, 9.17) is 0 Å². The van der Waals surface area contributed by atoms with Crippen molar-refractivity contribution >= 4 is 0 Å². The summed E-state index contributed by atoms with van der Waals surface area (Å²) in [6.07, 6.45) is 12.0. The van der Waals surface area contributed by atoms with Crippen LogP contribution < -0.4 is 5.32 Å². The molecular formula is C19H35N. The summed E-state index contributed by atoms with van der Waals surface area (Å²) in [6, 6.07) is 0. The first kappa shape index (κ1) is 14.9. The minimum atomic E-state index is 0.529. The van der Waals surface area contributed by atoms with Gasteiger partial charge in [-0.05, 0) is 99.5 Å². The second kappa shape index (κ2) is 5.99. The fourth-order valence-electron chi connectivity index (χ4n) is 4.45. The van der Waals surface area contributed by atoms with Crippen LogP contribution in [0.3, 0.4) is 0 Å². The van der Waals surface area contributed by atoms with Crippen LogP contribution >= 0.6 is 0 Å². The molecule has 0 amide bonds. The van der Waals surface area contributed by atoms with Crippen molar-refractivity contribution in [1.29, 1.82) is 0 Å². The Morgan fingerprint density at radius 3 is 1.85 bits per heavy atom. The molecule has 3 aliphatic rings. The molecule has 3 saturated carbocycles. The van der Waals surface area contributed by atoms with E-state index in [2.05, 4.69) is 26.1 Å². The van der Waals surface area contributed by atoms with Crippen LogP contribution in [0.1, 0.15) is 72.1 Å². The zero-order chi connectivity index (χ0) is 14.2. The van der Waals surface area contributed by atoms with Crippen molar-refractivity contribution in [3.05, 3.63) is 0 Å². The molecule has 1 N–H and O–H groups in total. The maximum atomic E-state index is 3.85. The Labute approximate surface area is 126 Å². The van der Waals surface area contributed by atoms with E-state index in [9.17, 15) is 0 Å². The van der Waals surface area contributed by atoms with Crippen molar-refractivity contribution in [2.24, 2.45) is 35.0 Å². The average Bonchev–Trinajstić information content (AvgIpc) is 3.27. The van der Waals surface area contributed by atoms with E-state index in [1.54, 1.807) is 0 Å². The number of nitrogens with one attached hydrogen (secondary N) is 1. The van der Waals surface area contributed by atoms with Gasteiger partial charge in [0.25, 0.3) is 0 Å². The summed E-state index contributed by atoms with van der Waals surface area (Å²) in [5.41, 5.74) is 0.529. The van der Waals surface area contributed by atoms with Crippen LogP contribution in [0.25, 0.3) is 0 Å². The smallest absolute Gasteiger partial charge is 0.00151 e. The lowest BCUT2D eigenvalue weighted by molar-refractivity contribution is 0.148. The topological polar surface area (TPSA) is 12.0 Å². The van der Waals surface area contributed by atoms with Crippen molar-refractivity contribution in [3.63, 3.8) is 0 Å². The van der Waals surface area contributed by atoms with E-state index in [1.807, 2.05) is 0 Å². The number of hydrogen-bond acceptors (Lipinski definition) is 1. The third-order valence-corrected chi connectivity index (χ3v) is 6.34. The molecule has 0 aromatic rings. The van der Waals surface area contributed by atoms with Crippen LogP contribution in [-0.2, 0) is 0 Å². The van der Waals surface area contributed by atoms with Gasteiger partial charge in [-0.1, -0.05) is 20.8 Å². The summed E-state index contributed by atoms with van der Waals surface area (Å²) in [6.45, 7) is 9.89. The first-order valence-corrected chi connectivity index (χ1v) is 9.24. The Bertz CT molecular complexity index is 288. The van der Waals surface area contributed by atoms with Crippen molar-refractivity contribution in [1.82, 2.24) is 5.32 Å². The molecule has 0 aliphatic heterocycles. The first-order chi connectivity index (χ1) is 9.54. The summed E-state index contributed by atoms with van der Waals surface area (Å²) in [5, 5.41) is 3.85. The van der Waals surface area contributed by atoms with Crippen molar-refractivity contribution in [2.75, 3.05) is 13.1 Å².